The molecule has 0 unspecified atom stereocenters. The van der Waals surface area contributed by atoms with Crippen LogP contribution in [0.2, 0.25) is 0 Å². The lowest BCUT2D eigenvalue weighted by Crippen LogP contribution is -2.23. The number of hydrogen-bond donors (Lipinski definition) is 2. The molecule has 0 bridgehead atoms. The second kappa shape index (κ2) is 6.00. The zero-order chi connectivity index (χ0) is 15.6. The van der Waals surface area contributed by atoms with Gasteiger partial charge in [-0.1, -0.05) is 22.0 Å². The zero-order valence-electron chi connectivity index (χ0n) is 11.0. The molecule has 0 aliphatic rings. The molecule has 2 aromatic rings. The Labute approximate surface area is 130 Å². The molecule has 6 nitrogen and oxygen atoms in total. The van der Waals surface area contributed by atoms with E-state index in [1.165, 1.54) is 25.1 Å². The summed E-state index contributed by atoms with van der Waals surface area (Å²) in [6.45, 7) is 1.39. The number of hydrogen-bond acceptors (Lipinski definition) is 4. The zero-order valence-corrected chi connectivity index (χ0v) is 13.4. The first kappa shape index (κ1) is 15.7. The standard InChI is InChI=1S/C13H12BrNO5S/c1-8-12(13(16)17)6-10(20-8)7-15-21(18,19)11-4-2-3-9(14)5-11/h2-6,15H,7H2,1H3,(H,16,17). The number of carboxylic acids is 1. The molecule has 112 valence electrons. The molecule has 1 aromatic heterocycles. The quantitative estimate of drug-likeness (QED) is 0.839. The van der Waals surface area contributed by atoms with Crippen molar-refractivity contribution in [3.05, 3.63) is 51.9 Å². The molecule has 0 saturated carbocycles. The number of carbonyl (C=O) groups is 1. The Kier molecular flexibility index (Phi) is 4.50. The monoisotopic (exact) mass is 373 g/mol. The fourth-order valence-electron chi connectivity index (χ4n) is 1.73. The summed E-state index contributed by atoms with van der Waals surface area (Å²) in [5.41, 5.74) is 0.0200. The maximum Gasteiger partial charge on any atom is 0.339 e. The molecule has 0 aliphatic carbocycles. The summed E-state index contributed by atoms with van der Waals surface area (Å²) in [6, 6.07) is 7.56. The van der Waals surface area contributed by atoms with Gasteiger partial charge in [0.15, 0.2) is 0 Å². The van der Waals surface area contributed by atoms with Crippen LogP contribution in [0.4, 0.5) is 0 Å². The van der Waals surface area contributed by atoms with Crippen molar-refractivity contribution in [2.24, 2.45) is 0 Å². The van der Waals surface area contributed by atoms with Gasteiger partial charge in [-0.15, -0.1) is 0 Å². The first-order valence-electron chi connectivity index (χ1n) is 5.87. The van der Waals surface area contributed by atoms with E-state index in [2.05, 4.69) is 20.7 Å². The number of halogens is 1. The largest absolute Gasteiger partial charge is 0.478 e. The Morgan fingerprint density at radius 3 is 2.67 bits per heavy atom. The first-order chi connectivity index (χ1) is 9.79. The van der Waals surface area contributed by atoms with Crippen LogP contribution in [-0.2, 0) is 16.6 Å². The molecule has 0 spiro atoms. The van der Waals surface area contributed by atoms with Crippen LogP contribution in [0.25, 0.3) is 0 Å². The number of benzene rings is 1. The van der Waals surface area contributed by atoms with Gasteiger partial charge in [-0.05, 0) is 31.2 Å². The number of aryl methyl sites for hydroxylation is 1. The molecule has 0 saturated heterocycles. The van der Waals surface area contributed by atoms with Crippen molar-refractivity contribution in [3.8, 4) is 0 Å². The van der Waals surface area contributed by atoms with Crippen LogP contribution in [-0.4, -0.2) is 19.5 Å². The fraction of sp³-hybridized carbons (Fsp3) is 0.154. The van der Waals surface area contributed by atoms with Crippen LogP contribution in [0.5, 0.6) is 0 Å². The van der Waals surface area contributed by atoms with Crippen molar-refractivity contribution in [2.45, 2.75) is 18.4 Å². The maximum atomic E-state index is 12.1. The van der Waals surface area contributed by atoms with Gasteiger partial charge >= 0.3 is 5.97 Å². The molecule has 0 atom stereocenters. The summed E-state index contributed by atoms with van der Waals surface area (Å²) in [6.07, 6.45) is 0. The Hall–Kier alpha value is -1.64. The summed E-state index contributed by atoms with van der Waals surface area (Å²) in [5.74, 6) is -0.639. The highest BCUT2D eigenvalue weighted by molar-refractivity contribution is 9.10. The van der Waals surface area contributed by atoms with Gasteiger partial charge in [0.2, 0.25) is 10.0 Å². The van der Waals surface area contributed by atoms with Crippen LogP contribution in [0.15, 0.2) is 44.1 Å². The van der Waals surface area contributed by atoms with Crippen LogP contribution in [0, 0.1) is 6.92 Å². The van der Waals surface area contributed by atoms with Crippen molar-refractivity contribution < 1.29 is 22.7 Å². The van der Waals surface area contributed by atoms with Gasteiger partial charge in [-0.3, -0.25) is 0 Å². The average molecular weight is 374 g/mol. The van der Waals surface area contributed by atoms with E-state index >= 15 is 0 Å². The SMILES string of the molecule is Cc1oc(CNS(=O)(=O)c2cccc(Br)c2)cc1C(=O)O. The molecular weight excluding hydrogens is 362 g/mol. The summed E-state index contributed by atoms with van der Waals surface area (Å²) in [5, 5.41) is 8.91. The van der Waals surface area contributed by atoms with Gasteiger partial charge in [-0.25, -0.2) is 17.9 Å². The van der Waals surface area contributed by atoms with Crippen molar-refractivity contribution in [1.82, 2.24) is 4.72 Å². The summed E-state index contributed by atoms with van der Waals surface area (Å²) >= 11 is 3.20. The average Bonchev–Trinajstić information content (AvgIpc) is 2.78. The molecular formula is C13H12BrNO5S. The number of carboxylic acid groups (broad SMARTS) is 1. The van der Waals surface area contributed by atoms with Crippen LogP contribution < -0.4 is 4.72 Å². The van der Waals surface area contributed by atoms with E-state index in [0.29, 0.717) is 4.47 Å². The second-order valence-electron chi connectivity index (χ2n) is 4.27. The van der Waals surface area contributed by atoms with Gasteiger partial charge in [0.1, 0.15) is 17.1 Å². The summed E-state index contributed by atoms with van der Waals surface area (Å²) in [4.78, 5) is 11.0. The van der Waals surface area contributed by atoms with E-state index in [1.807, 2.05) is 0 Å². The van der Waals surface area contributed by atoms with Gasteiger partial charge in [0.25, 0.3) is 0 Å². The van der Waals surface area contributed by atoms with Crippen LogP contribution >= 0.6 is 15.9 Å². The maximum absolute atomic E-state index is 12.1. The van der Waals surface area contributed by atoms with Crippen LogP contribution in [0.3, 0.4) is 0 Å². The summed E-state index contributed by atoms with van der Waals surface area (Å²) < 4.78 is 32.4. The number of furan rings is 1. The van der Waals surface area contributed by atoms with E-state index < -0.39 is 16.0 Å². The molecule has 0 amide bonds. The van der Waals surface area contributed by atoms with Gasteiger partial charge in [-0.2, -0.15) is 0 Å². The lowest BCUT2D eigenvalue weighted by atomic mass is 10.2. The van der Waals surface area contributed by atoms with Gasteiger partial charge in [0.05, 0.1) is 11.4 Å². The van der Waals surface area contributed by atoms with Crippen molar-refractivity contribution in [2.75, 3.05) is 0 Å². The first-order valence-corrected chi connectivity index (χ1v) is 8.15. The Bertz CT molecular complexity index is 782. The Morgan fingerprint density at radius 1 is 1.38 bits per heavy atom. The Morgan fingerprint density at radius 2 is 2.10 bits per heavy atom. The molecule has 1 heterocycles. The van der Waals surface area contributed by atoms with E-state index in [-0.39, 0.29) is 28.5 Å². The van der Waals surface area contributed by atoms with Gasteiger partial charge in [0, 0.05) is 4.47 Å². The third kappa shape index (κ3) is 3.72. The van der Waals surface area contributed by atoms with E-state index in [4.69, 9.17) is 9.52 Å². The molecule has 0 aliphatic heterocycles. The minimum Gasteiger partial charge on any atom is -0.478 e. The second-order valence-corrected chi connectivity index (χ2v) is 6.95. The molecule has 1 aromatic carbocycles. The number of nitrogens with one attached hydrogen (secondary N) is 1. The number of aromatic carboxylic acids is 1. The predicted molar refractivity (Wildman–Crippen MR) is 78.6 cm³/mol. The minimum absolute atomic E-state index is 0.0200. The number of sulfonamides is 1. The van der Waals surface area contributed by atoms with Crippen molar-refractivity contribution in [1.29, 1.82) is 0 Å². The van der Waals surface area contributed by atoms with Crippen molar-refractivity contribution >= 4 is 31.9 Å². The lowest BCUT2D eigenvalue weighted by molar-refractivity contribution is 0.0695. The third-order valence-corrected chi connectivity index (χ3v) is 4.63. The predicted octanol–water partition coefficient (Wildman–Crippen LogP) is 2.53. The molecule has 2 N–H and O–H groups in total. The lowest BCUT2D eigenvalue weighted by Gasteiger charge is -2.05. The molecule has 2 rings (SSSR count). The minimum atomic E-state index is -3.69. The highest BCUT2D eigenvalue weighted by Gasteiger charge is 2.17. The normalized spacial score (nSPS) is 11.5. The fourth-order valence-corrected chi connectivity index (χ4v) is 3.32. The Balaban J connectivity index is 2.15. The van der Waals surface area contributed by atoms with Crippen molar-refractivity contribution in [3.63, 3.8) is 0 Å². The van der Waals surface area contributed by atoms with E-state index in [9.17, 15) is 13.2 Å². The highest BCUT2D eigenvalue weighted by Crippen LogP contribution is 2.18. The summed E-state index contributed by atoms with van der Waals surface area (Å²) in [7, 11) is -3.69. The molecule has 0 radical (unpaired) electrons. The molecule has 0 fully saturated rings. The van der Waals surface area contributed by atoms with E-state index in [1.54, 1.807) is 12.1 Å². The molecule has 21 heavy (non-hydrogen) atoms. The number of rotatable bonds is 5. The highest BCUT2D eigenvalue weighted by atomic mass is 79.9. The third-order valence-electron chi connectivity index (χ3n) is 2.74. The topological polar surface area (TPSA) is 96.6 Å². The molecule has 8 heteroatoms. The van der Waals surface area contributed by atoms with E-state index in [0.717, 1.165) is 0 Å². The van der Waals surface area contributed by atoms with Gasteiger partial charge < -0.3 is 9.52 Å². The van der Waals surface area contributed by atoms with Crippen LogP contribution in [0.1, 0.15) is 21.9 Å². The smallest absolute Gasteiger partial charge is 0.339 e.